The average molecular weight is 295 g/mol. The van der Waals surface area contributed by atoms with Crippen LogP contribution >= 0.6 is 0 Å². The van der Waals surface area contributed by atoms with Gasteiger partial charge in [0.2, 0.25) is 0 Å². The number of benzene rings is 1. The number of hydrogen-bond acceptors (Lipinski definition) is 5. The van der Waals surface area contributed by atoms with Crippen molar-refractivity contribution in [3.05, 3.63) is 35.4 Å². The Morgan fingerprint density at radius 2 is 1.76 bits per heavy atom. The Balaban J connectivity index is 1.87. The molecule has 5 heteroatoms. The minimum atomic E-state index is -1.18. The molecular weight excluding hydrogens is 270 g/mol. The molecular formula is C16H25NO4. The van der Waals surface area contributed by atoms with Crippen molar-refractivity contribution in [1.29, 1.82) is 0 Å². The lowest BCUT2D eigenvalue weighted by Gasteiger charge is -2.43. The smallest absolute Gasteiger partial charge is 0.109 e. The van der Waals surface area contributed by atoms with Crippen LogP contribution in [0.4, 0.5) is 0 Å². The summed E-state index contributed by atoms with van der Waals surface area (Å²) in [5.41, 5.74) is 2.48. The van der Waals surface area contributed by atoms with Crippen LogP contribution < -0.4 is 0 Å². The summed E-state index contributed by atoms with van der Waals surface area (Å²) in [7, 11) is 0. The Kier molecular flexibility index (Phi) is 5.72. The molecule has 0 spiro atoms. The van der Waals surface area contributed by atoms with E-state index in [2.05, 4.69) is 31.2 Å². The third-order valence-electron chi connectivity index (χ3n) is 4.25. The topological polar surface area (TPSA) is 84.2 Å². The largest absolute Gasteiger partial charge is 0.395 e. The lowest BCUT2D eigenvalue weighted by atomic mass is 9.94. The van der Waals surface area contributed by atoms with Crippen LogP contribution in [-0.2, 0) is 6.42 Å². The van der Waals surface area contributed by atoms with E-state index < -0.39 is 24.4 Å². The third-order valence-corrected chi connectivity index (χ3v) is 4.25. The molecule has 2 rings (SSSR count). The van der Waals surface area contributed by atoms with Gasteiger partial charge in [0.1, 0.15) is 12.2 Å². The molecule has 1 aliphatic rings. The van der Waals surface area contributed by atoms with E-state index in [0.717, 1.165) is 12.8 Å². The quantitative estimate of drug-likeness (QED) is 0.599. The first-order valence-electron chi connectivity index (χ1n) is 7.47. The molecule has 1 aliphatic heterocycles. The fourth-order valence-electron chi connectivity index (χ4n) is 2.88. The fraction of sp³-hybridized carbons (Fsp3) is 0.625. The first-order valence-corrected chi connectivity index (χ1v) is 7.47. The molecule has 0 saturated carbocycles. The van der Waals surface area contributed by atoms with Crippen LogP contribution in [0.3, 0.4) is 0 Å². The number of β-amino-alcohol motifs (C(OH)–C–C–N with tert-alkyl or cyclic N) is 1. The molecule has 0 amide bonds. The van der Waals surface area contributed by atoms with Crippen LogP contribution in [0.2, 0.25) is 0 Å². The molecule has 1 fully saturated rings. The summed E-state index contributed by atoms with van der Waals surface area (Å²) < 4.78 is 0. The summed E-state index contributed by atoms with van der Waals surface area (Å²) in [5, 5.41) is 38.7. The molecule has 1 saturated heterocycles. The van der Waals surface area contributed by atoms with Gasteiger partial charge in [-0.1, -0.05) is 29.8 Å². The maximum atomic E-state index is 9.91. The van der Waals surface area contributed by atoms with Crippen molar-refractivity contribution in [3.63, 3.8) is 0 Å². The zero-order valence-electron chi connectivity index (χ0n) is 12.4. The van der Waals surface area contributed by atoms with E-state index in [1.165, 1.54) is 11.1 Å². The molecule has 4 N–H and O–H groups in total. The molecule has 0 radical (unpaired) electrons. The number of rotatable bonds is 5. The second-order valence-corrected chi connectivity index (χ2v) is 5.88. The molecule has 5 nitrogen and oxygen atoms in total. The van der Waals surface area contributed by atoms with Crippen LogP contribution in [0.1, 0.15) is 17.5 Å². The highest BCUT2D eigenvalue weighted by Gasteiger charge is 2.40. The lowest BCUT2D eigenvalue weighted by molar-refractivity contribution is -0.145. The fourth-order valence-corrected chi connectivity index (χ4v) is 2.88. The maximum Gasteiger partial charge on any atom is 0.109 e. The minimum absolute atomic E-state index is 0.227. The highest BCUT2D eigenvalue weighted by Crippen LogP contribution is 2.19. The highest BCUT2D eigenvalue weighted by atomic mass is 16.4. The Morgan fingerprint density at radius 3 is 2.38 bits per heavy atom. The van der Waals surface area contributed by atoms with Gasteiger partial charge in [-0.25, -0.2) is 0 Å². The van der Waals surface area contributed by atoms with Gasteiger partial charge in [0.25, 0.3) is 0 Å². The van der Waals surface area contributed by atoms with E-state index in [0.29, 0.717) is 6.54 Å². The van der Waals surface area contributed by atoms with E-state index in [9.17, 15) is 20.4 Å². The van der Waals surface area contributed by atoms with Crippen molar-refractivity contribution >= 4 is 0 Å². The molecule has 1 aromatic rings. The van der Waals surface area contributed by atoms with Crippen molar-refractivity contribution < 1.29 is 20.4 Å². The van der Waals surface area contributed by atoms with Gasteiger partial charge in [-0.05, 0) is 31.9 Å². The van der Waals surface area contributed by atoms with Crippen LogP contribution in [-0.4, -0.2) is 69.4 Å². The van der Waals surface area contributed by atoms with Gasteiger partial charge in [0, 0.05) is 6.54 Å². The zero-order valence-corrected chi connectivity index (χ0v) is 12.4. The first-order chi connectivity index (χ1) is 10.0. The molecule has 0 bridgehead atoms. The second-order valence-electron chi connectivity index (χ2n) is 5.88. The normalized spacial score (nSPS) is 30.5. The number of hydrogen-bond donors (Lipinski definition) is 4. The Hall–Kier alpha value is -0.980. The van der Waals surface area contributed by atoms with Crippen LogP contribution in [0, 0.1) is 6.92 Å². The predicted molar refractivity (Wildman–Crippen MR) is 80.0 cm³/mol. The average Bonchev–Trinajstić information content (AvgIpc) is 2.47. The monoisotopic (exact) mass is 295 g/mol. The first kappa shape index (κ1) is 16.4. The molecule has 1 aromatic carbocycles. The van der Waals surface area contributed by atoms with E-state index in [1.54, 1.807) is 0 Å². The standard InChI is InChI=1S/C16H25NO4/c1-11-4-6-12(7-5-11)3-2-8-17-9-14(19)16(21)15(20)13(17)10-18/h4-7,13-16,18-21H,2-3,8-10H2,1H3/t13-,14+,15-,16-/m1/s1. The van der Waals surface area contributed by atoms with Crippen molar-refractivity contribution in [2.75, 3.05) is 19.7 Å². The summed E-state index contributed by atoms with van der Waals surface area (Å²) in [5.74, 6) is 0. The second kappa shape index (κ2) is 7.33. The number of nitrogens with zero attached hydrogens (tertiary/aromatic N) is 1. The molecule has 0 unspecified atom stereocenters. The molecule has 118 valence electrons. The van der Waals surface area contributed by atoms with Gasteiger partial charge < -0.3 is 20.4 Å². The Morgan fingerprint density at radius 1 is 1.10 bits per heavy atom. The summed E-state index contributed by atoms with van der Waals surface area (Å²) in [4.78, 5) is 1.86. The van der Waals surface area contributed by atoms with E-state index >= 15 is 0 Å². The van der Waals surface area contributed by atoms with Crippen LogP contribution in [0.5, 0.6) is 0 Å². The number of aryl methyl sites for hydroxylation is 2. The van der Waals surface area contributed by atoms with Crippen molar-refractivity contribution in [2.24, 2.45) is 0 Å². The predicted octanol–water partition coefficient (Wildman–Crippen LogP) is -0.313. The van der Waals surface area contributed by atoms with E-state index in [-0.39, 0.29) is 13.2 Å². The highest BCUT2D eigenvalue weighted by molar-refractivity contribution is 5.21. The van der Waals surface area contributed by atoms with Gasteiger partial charge in [0.15, 0.2) is 0 Å². The molecule has 0 aromatic heterocycles. The number of aliphatic hydroxyl groups is 4. The lowest BCUT2D eigenvalue weighted by Crippen LogP contribution is -2.62. The van der Waals surface area contributed by atoms with E-state index in [4.69, 9.17) is 0 Å². The number of aliphatic hydroxyl groups excluding tert-OH is 4. The van der Waals surface area contributed by atoms with E-state index in [1.807, 2.05) is 4.90 Å². The summed E-state index contributed by atoms with van der Waals surface area (Å²) >= 11 is 0. The van der Waals surface area contributed by atoms with Crippen LogP contribution in [0.25, 0.3) is 0 Å². The summed E-state index contributed by atoms with van der Waals surface area (Å²) in [6.07, 6.45) is -1.49. The molecule has 1 heterocycles. The van der Waals surface area contributed by atoms with Gasteiger partial charge >= 0.3 is 0 Å². The van der Waals surface area contributed by atoms with Gasteiger partial charge in [0.05, 0.1) is 18.8 Å². The van der Waals surface area contributed by atoms with Gasteiger partial charge in [-0.2, -0.15) is 0 Å². The van der Waals surface area contributed by atoms with Gasteiger partial charge in [-0.3, -0.25) is 4.90 Å². The molecule has 0 aliphatic carbocycles. The van der Waals surface area contributed by atoms with Crippen molar-refractivity contribution in [1.82, 2.24) is 4.90 Å². The summed E-state index contributed by atoms with van der Waals surface area (Å²) in [6, 6.07) is 7.85. The zero-order chi connectivity index (χ0) is 15.4. The van der Waals surface area contributed by atoms with Gasteiger partial charge in [-0.15, -0.1) is 0 Å². The third kappa shape index (κ3) is 4.02. The molecule has 21 heavy (non-hydrogen) atoms. The summed E-state index contributed by atoms with van der Waals surface area (Å²) in [6.45, 7) is 2.77. The minimum Gasteiger partial charge on any atom is -0.395 e. The maximum absolute atomic E-state index is 9.91. The number of likely N-dealkylation sites (tertiary alicyclic amines) is 1. The van der Waals surface area contributed by atoms with Crippen molar-refractivity contribution in [2.45, 2.75) is 44.1 Å². The SMILES string of the molecule is Cc1ccc(CCCN2C[C@H](O)[C@@H](O)[C@H](O)[C@H]2CO)cc1. The molecule has 4 atom stereocenters. The Bertz CT molecular complexity index is 436. The number of piperidine rings is 1. The Labute approximate surface area is 125 Å². The van der Waals surface area contributed by atoms with Crippen LogP contribution in [0.15, 0.2) is 24.3 Å². The van der Waals surface area contributed by atoms with Crippen molar-refractivity contribution in [3.8, 4) is 0 Å².